The van der Waals surface area contributed by atoms with Gasteiger partial charge < -0.3 is 15.4 Å². The number of fused-ring (bicyclic) bond motifs is 1. The second kappa shape index (κ2) is 8.66. The zero-order chi connectivity index (χ0) is 22.1. The topological polar surface area (TPSA) is 105 Å². The number of benzene rings is 2. The van der Waals surface area contributed by atoms with E-state index >= 15 is 0 Å². The van der Waals surface area contributed by atoms with Crippen molar-refractivity contribution in [3.05, 3.63) is 42.0 Å². The maximum atomic E-state index is 13.1. The number of nitrogens with one attached hydrogen (secondary N) is 2. The number of rotatable bonds is 6. The molecule has 1 aliphatic heterocycles. The van der Waals surface area contributed by atoms with Crippen molar-refractivity contribution in [3.63, 3.8) is 0 Å². The van der Waals surface area contributed by atoms with Crippen molar-refractivity contribution in [2.75, 3.05) is 30.5 Å². The molecule has 2 amide bonds. The van der Waals surface area contributed by atoms with Gasteiger partial charge in [0.05, 0.1) is 17.1 Å². The fraction of sp³-hybridized carbons (Fsp3) is 0.300. The Kier molecular flexibility index (Phi) is 6.39. The van der Waals surface area contributed by atoms with E-state index in [1.54, 1.807) is 37.7 Å². The lowest BCUT2D eigenvalue weighted by Crippen LogP contribution is -2.36. The molecule has 1 heterocycles. The van der Waals surface area contributed by atoms with Crippen LogP contribution in [0, 0.1) is 6.92 Å². The number of hydrogen-bond acceptors (Lipinski definition) is 6. The van der Waals surface area contributed by atoms with Crippen molar-refractivity contribution in [2.24, 2.45) is 0 Å². The zero-order valence-corrected chi connectivity index (χ0v) is 18.7. The first-order valence-corrected chi connectivity index (χ1v) is 11.8. The van der Waals surface area contributed by atoms with Crippen molar-refractivity contribution in [3.8, 4) is 5.75 Å². The van der Waals surface area contributed by atoms with Crippen molar-refractivity contribution < 1.29 is 22.7 Å². The number of hydrogen-bond donors (Lipinski definition) is 2. The third-order valence-corrected chi connectivity index (χ3v) is 7.29. The highest BCUT2D eigenvalue weighted by molar-refractivity contribution is 7.98. The first kappa shape index (κ1) is 22.1. The minimum atomic E-state index is -3.96. The average Bonchev–Trinajstić information content (AvgIpc) is 2.68. The summed E-state index contributed by atoms with van der Waals surface area (Å²) in [6, 6.07) is 10.2. The maximum absolute atomic E-state index is 13.1. The summed E-state index contributed by atoms with van der Waals surface area (Å²) in [6.45, 7) is 2.85. The summed E-state index contributed by atoms with van der Waals surface area (Å²) in [7, 11) is -2.61. The number of likely N-dealkylation sites (N-methyl/N-ethyl adjacent to an activating group) is 1. The monoisotopic (exact) mass is 449 g/mol. The van der Waals surface area contributed by atoms with Gasteiger partial charge in [0, 0.05) is 23.7 Å². The maximum Gasteiger partial charge on any atom is 0.265 e. The number of thioether (sulfide) groups is 1. The Morgan fingerprint density at radius 1 is 1.30 bits per heavy atom. The number of anilines is 2. The molecule has 0 unspecified atom stereocenters. The third-order valence-electron chi connectivity index (χ3n) is 4.62. The predicted octanol–water partition coefficient (Wildman–Crippen LogP) is 2.70. The molecule has 0 spiro atoms. The highest BCUT2D eigenvalue weighted by atomic mass is 32.2. The Hall–Kier alpha value is -2.56. The van der Waals surface area contributed by atoms with Gasteiger partial charge in [0.25, 0.3) is 5.91 Å². The van der Waals surface area contributed by atoms with Crippen LogP contribution in [0.2, 0.25) is 0 Å². The summed E-state index contributed by atoms with van der Waals surface area (Å²) in [4.78, 5) is 25.2. The highest BCUT2D eigenvalue weighted by Gasteiger charge is 2.30. The summed E-state index contributed by atoms with van der Waals surface area (Å²) < 4.78 is 32.7. The normalized spacial score (nSPS) is 15.9. The van der Waals surface area contributed by atoms with Crippen molar-refractivity contribution in [1.29, 1.82) is 0 Å². The van der Waals surface area contributed by atoms with Crippen molar-refractivity contribution in [2.45, 2.75) is 29.7 Å². The van der Waals surface area contributed by atoms with Crippen LogP contribution in [-0.2, 0) is 19.6 Å². The number of sulfonamides is 1. The van der Waals surface area contributed by atoms with E-state index in [4.69, 9.17) is 4.74 Å². The van der Waals surface area contributed by atoms with Crippen LogP contribution in [0.25, 0.3) is 0 Å². The number of carbonyl (C=O) groups is 2. The quantitative estimate of drug-likeness (QED) is 0.657. The van der Waals surface area contributed by atoms with Gasteiger partial charge in [0.1, 0.15) is 5.75 Å². The van der Waals surface area contributed by atoms with Crippen LogP contribution in [0.1, 0.15) is 12.5 Å². The Morgan fingerprint density at radius 2 is 2.03 bits per heavy atom. The summed E-state index contributed by atoms with van der Waals surface area (Å²) in [5, 5.41) is 5.40. The number of nitrogens with zero attached hydrogens (tertiary/aromatic N) is 1. The molecular formula is C20H23N3O5S2. The Balaban J connectivity index is 1.78. The van der Waals surface area contributed by atoms with Crippen LogP contribution >= 0.6 is 11.8 Å². The molecule has 2 N–H and O–H groups in total. The van der Waals surface area contributed by atoms with Gasteiger partial charge in [0.2, 0.25) is 15.9 Å². The van der Waals surface area contributed by atoms with E-state index in [0.717, 1.165) is 9.20 Å². The number of ether oxygens (including phenoxy) is 1. The smallest absolute Gasteiger partial charge is 0.265 e. The molecule has 0 saturated heterocycles. The van der Waals surface area contributed by atoms with Gasteiger partial charge in [-0.05, 0) is 49.9 Å². The Morgan fingerprint density at radius 3 is 2.73 bits per heavy atom. The number of carbonyl (C=O) groups excluding carboxylic acids is 2. The largest absolute Gasteiger partial charge is 0.479 e. The molecular weight excluding hydrogens is 426 g/mol. The van der Waals surface area contributed by atoms with E-state index in [0.29, 0.717) is 16.9 Å². The molecule has 30 heavy (non-hydrogen) atoms. The fourth-order valence-corrected chi connectivity index (χ4v) is 4.78. The second-order valence-corrected chi connectivity index (χ2v) is 9.80. The van der Waals surface area contributed by atoms with Crippen LogP contribution in [0.15, 0.2) is 46.2 Å². The first-order valence-electron chi connectivity index (χ1n) is 9.14. The van der Waals surface area contributed by atoms with Crippen LogP contribution in [0.3, 0.4) is 0 Å². The molecule has 10 heteroatoms. The molecule has 160 valence electrons. The minimum absolute atomic E-state index is 0.0179. The van der Waals surface area contributed by atoms with Gasteiger partial charge in [-0.2, -0.15) is 4.31 Å². The van der Waals surface area contributed by atoms with Crippen molar-refractivity contribution in [1.82, 2.24) is 4.31 Å². The second-order valence-electron chi connectivity index (χ2n) is 6.90. The lowest BCUT2D eigenvalue weighted by molar-refractivity contribution is -0.122. The molecule has 1 aliphatic rings. The van der Waals surface area contributed by atoms with Crippen LogP contribution < -0.4 is 15.4 Å². The van der Waals surface area contributed by atoms with E-state index in [1.807, 2.05) is 24.5 Å². The van der Waals surface area contributed by atoms with Gasteiger partial charge in [0.15, 0.2) is 6.10 Å². The summed E-state index contributed by atoms with van der Waals surface area (Å²) >= 11 is 1.54. The van der Waals surface area contributed by atoms with E-state index in [-0.39, 0.29) is 23.1 Å². The van der Waals surface area contributed by atoms with Crippen LogP contribution in [0.4, 0.5) is 11.4 Å². The fourth-order valence-electron chi connectivity index (χ4n) is 2.98. The molecule has 0 aliphatic carbocycles. The molecule has 0 saturated carbocycles. The third kappa shape index (κ3) is 4.61. The molecule has 0 radical (unpaired) electrons. The van der Waals surface area contributed by atoms with Crippen LogP contribution in [0.5, 0.6) is 5.75 Å². The number of aryl methyl sites for hydroxylation is 1. The molecule has 0 aromatic heterocycles. The lowest BCUT2D eigenvalue weighted by Gasteiger charge is -2.25. The highest BCUT2D eigenvalue weighted by Crippen LogP contribution is 2.35. The van der Waals surface area contributed by atoms with Gasteiger partial charge in [-0.3, -0.25) is 9.59 Å². The summed E-state index contributed by atoms with van der Waals surface area (Å²) in [5.41, 5.74) is 1.46. The number of amides is 2. The Labute approximate surface area is 180 Å². The standard InChI is InChI=1S/C20H23N3O5S2/c1-12-8-16-17(28-13(2)20(25)22-16)10-18(12)30(26,27)23(3)11-19(24)21-14-6-5-7-15(9-14)29-4/h5-10,13H,11H2,1-4H3,(H,21,24)(H,22,25)/t13-/m0/s1. The molecule has 2 aromatic carbocycles. The predicted molar refractivity (Wildman–Crippen MR) is 117 cm³/mol. The summed E-state index contributed by atoms with van der Waals surface area (Å²) in [5.74, 6) is -0.470. The Bertz CT molecular complexity index is 1100. The van der Waals surface area contributed by atoms with E-state index in [9.17, 15) is 18.0 Å². The zero-order valence-electron chi connectivity index (χ0n) is 17.1. The van der Waals surface area contributed by atoms with Crippen molar-refractivity contribution >= 4 is 45.0 Å². The van der Waals surface area contributed by atoms with E-state index < -0.39 is 22.0 Å². The first-order chi connectivity index (χ1) is 14.1. The molecule has 1 atom stereocenters. The van der Waals surface area contributed by atoms with E-state index in [1.165, 1.54) is 13.1 Å². The van der Waals surface area contributed by atoms with Crippen LogP contribution in [-0.4, -0.2) is 50.5 Å². The van der Waals surface area contributed by atoms with E-state index in [2.05, 4.69) is 10.6 Å². The lowest BCUT2D eigenvalue weighted by atomic mass is 10.1. The van der Waals surface area contributed by atoms with Gasteiger partial charge in [-0.15, -0.1) is 11.8 Å². The molecule has 8 nitrogen and oxygen atoms in total. The molecule has 2 aromatic rings. The van der Waals surface area contributed by atoms with Gasteiger partial charge in [-0.1, -0.05) is 6.07 Å². The average molecular weight is 450 g/mol. The molecule has 0 fully saturated rings. The van der Waals surface area contributed by atoms with Gasteiger partial charge >= 0.3 is 0 Å². The molecule has 0 bridgehead atoms. The summed E-state index contributed by atoms with van der Waals surface area (Å²) in [6.07, 6.45) is 1.20. The molecule has 3 rings (SSSR count). The SMILES string of the molecule is CSc1cccc(NC(=O)CN(C)S(=O)(=O)c2cc3c(cc2C)NC(=O)[C@H](C)O3)c1. The minimum Gasteiger partial charge on any atom is -0.479 e. The van der Waals surface area contributed by atoms with Gasteiger partial charge in [-0.25, -0.2) is 8.42 Å².